The molecule has 176 valence electrons. The van der Waals surface area contributed by atoms with Gasteiger partial charge in [0.25, 0.3) is 10.0 Å². The van der Waals surface area contributed by atoms with E-state index in [0.29, 0.717) is 17.2 Å². The second kappa shape index (κ2) is 8.87. The molecule has 0 aliphatic rings. The normalized spacial score (nSPS) is 11.8. The lowest BCUT2D eigenvalue weighted by Gasteiger charge is -2.26. The van der Waals surface area contributed by atoms with E-state index in [2.05, 4.69) is 4.72 Å². The van der Waals surface area contributed by atoms with E-state index in [1.807, 2.05) is 0 Å². The van der Waals surface area contributed by atoms with E-state index >= 15 is 0 Å². The minimum absolute atomic E-state index is 0.0793. The minimum atomic E-state index is -4.18. The number of furan rings is 1. The standard InChI is InChI=1S/C23H26FN3O5S/c1-14-6-10-20(32-14)17-9-8-16(13-18(17)24)33(29,30)26-19-12-15(7-11-21(19)31-5)27(4)22(28)23(2,3)25/h6-13,26H,25H2,1-5H3. The molecule has 10 heteroatoms. The number of nitrogens with one attached hydrogen (secondary N) is 1. The first-order valence-electron chi connectivity index (χ1n) is 9.98. The highest BCUT2D eigenvalue weighted by molar-refractivity contribution is 7.92. The summed E-state index contributed by atoms with van der Waals surface area (Å²) in [4.78, 5) is 13.5. The number of rotatable bonds is 7. The molecule has 1 aromatic heterocycles. The fraction of sp³-hybridized carbons (Fsp3) is 0.261. The van der Waals surface area contributed by atoms with Crippen molar-refractivity contribution in [2.45, 2.75) is 31.2 Å². The molecule has 1 amide bonds. The largest absolute Gasteiger partial charge is 0.495 e. The molecule has 1 heterocycles. The summed E-state index contributed by atoms with van der Waals surface area (Å²) in [5.41, 5.74) is 5.38. The van der Waals surface area contributed by atoms with Crippen LogP contribution < -0.4 is 20.1 Å². The quantitative estimate of drug-likeness (QED) is 0.536. The first kappa shape index (κ1) is 24.3. The van der Waals surface area contributed by atoms with Crippen molar-refractivity contribution in [3.05, 3.63) is 60.1 Å². The molecule has 0 atom stereocenters. The van der Waals surface area contributed by atoms with Crippen LogP contribution in [0.15, 0.2) is 57.8 Å². The van der Waals surface area contributed by atoms with Crippen molar-refractivity contribution in [1.29, 1.82) is 0 Å². The lowest BCUT2D eigenvalue weighted by Crippen LogP contribution is -2.49. The second-order valence-electron chi connectivity index (χ2n) is 8.13. The second-order valence-corrected chi connectivity index (χ2v) is 9.81. The third kappa shape index (κ3) is 5.18. The van der Waals surface area contributed by atoms with Crippen molar-refractivity contribution in [3.8, 4) is 17.1 Å². The van der Waals surface area contributed by atoms with Crippen molar-refractivity contribution in [2.24, 2.45) is 5.73 Å². The molecule has 0 aliphatic carbocycles. The van der Waals surface area contributed by atoms with Gasteiger partial charge in [-0.3, -0.25) is 9.52 Å². The fourth-order valence-corrected chi connectivity index (χ4v) is 4.25. The zero-order valence-corrected chi connectivity index (χ0v) is 19.8. The molecular formula is C23H26FN3O5S. The van der Waals surface area contributed by atoms with Crippen LogP contribution in [0.3, 0.4) is 0 Å². The number of anilines is 2. The number of benzene rings is 2. The number of likely N-dealkylation sites (N-methyl/N-ethyl adjacent to an activating group) is 1. The predicted octanol–water partition coefficient (Wildman–Crippen LogP) is 3.90. The zero-order valence-electron chi connectivity index (χ0n) is 19.0. The van der Waals surface area contributed by atoms with Crippen LogP contribution >= 0.6 is 0 Å². The lowest BCUT2D eigenvalue weighted by atomic mass is 10.1. The van der Waals surface area contributed by atoms with E-state index < -0.39 is 21.4 Å². The van der Waals surface area contributed by atoms with E-state index in [1.165, 1.54) is 43.3 Å². The Morgan fingerprint density at radius 1 is 1.15 bits per heavy atom. The topological polar surface area (TPSA) is 115 Å². The number of methoxy groups -OCH3 is 1. The lowest BCUT2D eigenvalue weighted by molar-refractivity contribution is -0.122. The van der Waals surface area contributed by atoms with Gasteiger partial charge < -0.3 is 19.8 Å². The number of carbonyl (C=O) groups is 1. The third-order valence-corrected chi connectivity index (χ3v) is 6.29. The first-order valence-corrected chi connectivity index (χ1v) is 11.5. The van der Waals surface area contributed by atoms with Gasteiger partial charge in [0.1, 0.15) is 23.1 Å². The monoisotopic (exact) mass is 475 g/mol. The molecule has 0 saturated carbocycles. The maximum absolute atomic E-state index is 14.7. The van der Waals surface area contributed by atoms with Gasteiger partial charge in [-0.2, -0.15) is 0 Å². The summed E-state index contributed by atoms with van der Waals surface area (Å²) in [6.07, 6.45) is 0. The van der Waals surface area contributed by atoms with Crippen LogP contribution in [-0.4, -0.2) is 34.0 Å². The molecule has 0 unspecified atom stereocenters. The van der Waals surface area contributed by atoms with E-state index in [-0.39, 0.29) is 27.8 Å². The van der Waals surface area contributed by atoms with Crippen LogP contribution in [0.2, 0.25) is 0 Å². The highest BCUT2D eigenvalue weighted by Gasteiger charge is 2.27. The van der Waals surface area contributed by atoms with Gasteiger partial charge >= 0.3 is 0 Å². The fourth-order valence-electron chi connectivity index (χ4n) is 3.18. The highest BCUT2D eigenvalue weighted by Crippen LogP contribution is 2.33. The molecule has 0 saturated heterocycles. The average Bonchev–Trinajstić information content (AvgIpc) is 3.17. The number of aryl methyl sites for hydroxylation is 1. The van der Waals surface area contributed by atoms with Gasteiger partial charge in [-0.15, -0.1) is 0 Å². The van der Waals surface area contributed by atoms with Crippen molar-refractivity contribution in [1.82, 2.24) is 0 Å². The van der Waals surface area contributed by atoms with Crippen molar-refractivity contribution in [3.63, 3.8) is 0 Å². The molecule has 2 aromatic carbocycles. The number of nitrogens with two attached hydrogens (primary N) is 1. The van der Waals surface area contributed by atoms with E-state index in [0.717, 1.165) is 6.07 Å². The van der Waals surface area contributed by atoms with Crippen LogP contribution in [0.5, 0.6) is 5.75 Å². The Hall–Kier alpha value is -3.37. The van der Waals surface area contributed by atoms with Crippen LogP contribution in [0, 0.1) is 12.7 Å². The molecule has 0 bridgehead atoms. The molecule has 33 heavy (non-hydrogen) atoms. The molecule has 0 fully saturated rings. The number of hydrogen-bond donors (Lipinski definition) is 2. The van der Waals surface area contributed by atoms with Gasteiger partial charge in [-0.1, -0.05) is 0 Å². The SMILES string of the molecule is COc1ccc(N(C)C(=O)C(C)(C)N)cc1NS(=O)(=O)c1ccc(-c2ccc(C)o2)c(F)c1. The average molecular weight is 476 g/mol. The number of ether oxygens (including phenoxy) is 1. The van der Waals surface area contributed by atoms with E-state index in [1.54, 1.807) is 39.0 Å². The molecule has 3 aromatic rings. The summed E-state index contributed by atoms with van der Waals surface area (Å²) in [5, 5.41) is 0. The molecule has 3 N–H and O–H groups in total. The van der Waals surface area contributed by atoms with Crippen LogP contribution in [0.4, 0.5) is 15.8 Å². The number of carbonyl (C=O) groups excluding carboxylic acids is 1. The number of sulfonamides is 1. The Morgan fingerprint density at radius 2 is 1.85 bits per heavy atom. The van der Waals surface area contributed by atoms with E-state index in [4.69, 9.17) is 14.9 Å². The summed E-state index contributed by atoms with van der Waals surface area (Å²) in [7, 11) is -1.27. The smallest absolute Gasteiger partial charge is 0.262 e. The number of nitrogens with zero attached hydrogens (tertiary/aromatic N) is 1. The van der Waals surface area contributed by atoms with Gasteiger partial charge in [0, 0.05) is 12.7 Å². The molecule has 0 aliphatic heterocycles. The van der Waals surface area contributed by atoms with Crippen molar-refractivity contribution >= 4 is 27.3 Å². The van der Waals surface area contributed by atoms with Gasteiger partial charge in [0.2, 0.25) is 5.91 Å². The summed E-state index contributed by atoms with van der Waals surface area (Å²) in [6, 6.07) is 11.4. The first-order chi connectivity index (χ1) is 15.3. The van der Waals surface area contributed by atoms with Gasteiger partial charge in [0.05, 0.1) is 28.8 Å². The van der Waals surface area contributed by atoms with Crippen LogP contribution in [-0.2, 0) is 14.8 Å². The van der Waals surface area contributed by atoms with Crippen LogP contribution in [0.25, 0.3) is 11.3 Å². The molecule has 8 nitrogen and oxygen atoms in total. The Morgan fingerprint density at radius 3 is 2.39 bits per heavy atom. The highest BCUT2D eigenvalue weighted by atomic mass is 32.2. The van der Waals surface area contributed by atoms with Gasteiger partial charge in [-0.25, -0.2) is 12.8 Å². The summed E-state index contributed by atoms with van der Waals surface area (Å²) >= 11 is 0. The molecule has 0 radical (unpaired) electrons. The maximum atomic E-state index is 14.7. The van der Waals surface area contributed by atoms with Gasteiger partial charge in [-0.05, 0) is 69.3 Å². The number of halogens is 1. The predicted molar refractivity (Wildman–Crippen MR) is 124 cm³/mol. The molecular weight excluding hydrogens is 449 g/mol. The summed E-state index contributed by atoms with van der Waals surface area (Å²) in [6.45, 7) is 4.87. The van der Waals surface area contributed by atoms with Crippen LogP contribution in [0.1, 0.15) is 19.6 Å². The maximum Gasteiger partial charge on any atom is 0.262 e. The number of hydrogen-bond acceptors (Lipinski definition) is 6. The number of amides is 1. The Bertz CT molecular complexity index is 1300. The third-order valence-electron chi connectivity index (χ3n) is 4.93. The van der Waals surface area contributed by atoms with Gasteiger partial charge in [0.15, 0.2) is 0 Å². The Balaban J connectivity index is 1.94. The zero-order chi connectivity index (χ0) is 24.6. The molecule has 0 spiro atoms. The van der Waals surface area contributed by atoms with Crippen molar-refractivity contribution < 1.29 is 26.8 Å². The summed E-state index contributed by atoms with van der Waals surface area (Å²) < 4.78 is 53.8. The van der Waals surface area contributed by atoms with Crippen molar-refractivity contribution in [2.75, 3.05) is 23.8 Å². The molecule has 3 rings (SSSR count). The Labute approximate surface area is 192 Å². The Kier molecular flexibility index (Phi) is 6.53. The van der Waals surface area contributed by atoms with E-state index in [9.17, 15) is 17.6 Å². The summed E-state index contributed by atoms with van der Waals surface area (Å²) in [5.74, 6) is 0.0112. The minimum Gasteiger partial charge on any atom is -0.495 e.